The van der Waals surface area contributed by atoms with Gasteiger partial charge >= 0.3 is 24.1 Å². The number of carbonyl (C=O) groups is 5. The first-order valence-corrected chi connectivity index (χ1v) is 4.43. The molecule has 0 aliphatic carbocycles. The van der Waals surface area contributed by atoms with E-state index in [1.807, 2.05) is 0 Å². The summed E-state index contributed by atoms with van der Waals surface area (Å²) in [5.74, 6) is -6.10. The van der Waals surface area contributed by atoms with Gasteiger partial charge in [0.15, 0.2) is 0 Å². The van der Waals surface area contributed by atoms with Crippen LogP contribution in [0.2, 0.25) is 0 Å². The summed E-state index contributed by atoms with van der Waals surface area (Å²) < 4.78 is 31.7. The molecule has 0 rings (SSSR count). The van der Waals surface area contributed by atoms with Crippen LogP contribution in [0.4, 0.5) is 13.2 Å². The fourth-order valence-electron chi connectivity index (χ4n) is 0.143. The van der Waals surface area contributed by atoms with Crippen LogP contribution >= 0.6 is 0 Å². The highest BCUT2D eigenvalue weighted by Gasteiger charge is 2.38. The Labute approximate surface area is 119 Å². The van der Waals surface area contributed by atoms with Gasteiger partial charge in [-0.25, -0.2) is 14.4 Å². The van der Waals surface area contributed by atoms with Crippen LogP contribution in [0.1, 0.15) is 6.92 Å². The van der Waals surface area contributed by atoms with Crippen molar-refractivity contribution < 1.29 is 62.7 Å². The quantitative estimate of drug-likeness (QED) is 0.343. The summed E-state index contributed by atoms with van der Waals surface area (Å²) in [6.45, 7) is 0.833. The summed E-state index contributed by atoms with van der Waals surface area (Å²) in [4.78, 5) is 45.4. The van der Waals surface area contributed by atoms with Gasteiger partial charge in [0.2, 0.25) is 0 Å². The van der Waals surface area contributed by atoms with Gasteiger partial charge in [-0.3, -0.25) is 9.59 Å². The smallest absolute Gasteiger partial charge is 0.483 e. The highest BCUT2D eigenvalue weighted by atomic mass is 19.4. The molecule has 0 aliphatic rings. The van der Waals surface area contributed by atoms with E-state index in [0.29, 0.717) is 12.2 Å². The third-order valence-electron chi connectivity index (χ3n) is 0.611. The second kappa shape index (κ2) is 15.9. The number of aliphatic carboxylic acids is 4. The first-order valence-electron chi connectivity index (χ1n) is 4.43. The third kappa shape index (κ3) is 68.6. The highest BCUT2D eigenvalue weighted by Crippen LogP contribution is 2.13. The van der Waals surface area contributed by atoms with E-state index in [0.717, 1.165) is 6.92 Å². The van der Waals surface area contributed by atoms with E-state index in [-0.39, 0.29) is 6.47 Å². The van der Waals surface area contributed by atoms with Crippen LogP contribution in [0.5, 0.6) is 0 Å². The Morgan fingerprint density at radius 2 is 1.00 bits per heavy atom. The topological polar surface area (TPSA) is 186 Å². The van der Waals surface area contributed by atoms with Crippen LogP contribution in [0.25, 0.3) is 0 Å². The number of hydrogen-bond acceptors (Lipinski definition) is 5. The Morgan fingerprint density at radius 1 is 0.864 bits per heavy atom. The predicted molar refractivity (Wildman–Crippen MR) is 60.1 cm³/mol. The molecule has 0 aliphatic heterocycles. The lowest BCUT2D eigenvalue weighted by atomic mass is 10.5. The van der Waals surface area contributed by atoms with Crippen molar-refractivity contribution in [1.29, 1.82) is 0 Å². The molecule has 5 N–H and O–H groups in total. The fraction of sp³-hybridized carbons (Fsp3) is 0.222. The number of halogens is 3. The Bertz CT molecular complexity index is 379. The zero-order chi connectivity index (χ0) is 18.9. The van der Waals surface area contributed by atoms with Gasteiger partial charge in [0.25, 0.3) is 12.4 Å². The van der Waals surface area contributed by atoms with E-state index in [9.17, 15) is 22.8 Å². The molecule has 0 atom stereocenters. The summed E-state index contributed by atoms with van der Waals surface area (Å²) in [5, 5.41) is 37.1. The van der Waals surface area contributed by atoms with Crippen molar-refractivity contribution in [3.63, 3.8) is 0 Å². The largest absolute Gasteiger partial charge is 0.490 e. The second-order valence-electron chi connectivity index (χ2n) is 2.44. The molecule has 0 aromatic carbocycles. The van der Waals surface area contributed by atoms with Crippen molar-refractivity contribution in [1.82, 2.24) is 0 Å². The molecule has 0 radical (unpaired) electrons. The minimum Gasteiger partial charge on any atom is -0.483 e. The molecule has 0 aromatic heterocycles. The first kappa shape index (κ1) is 27.3. The van der Waals surface area contributed by atoms with Gasteiger partial charge in [-0.15, -0.1) is 0 Å². The second-order valence-corrected chi connectivity index (χ2v) is 2.44. The first-order chi connectivity index (χ1) is 9.72. The van der Waals surface area contributed by atoms with E-state index in [1.54, 1.807) is 0 Å². The summed E-state index contributed by atoms with van der Waals surface area (Å²) in [5.41, 5.74) is 0. The molecule has 0 bridgehead atoms. The number of rotatable bonds is 2. The van der Waals surface area contributed by atoms with Crippen LogP contribution in [-0.2, 0) is 24.0 Å². The number of alkyl halides is 3. The maximum atomic E-state index is 10.6. The molecule has 0 aromatic rings. The van der Waals surface area contributed by atoms with Gasteiger partial charge in [-0.05, 0) is 0 Å². The maximum absolute atomic E-state index is 10.6. The van der Waals surface area contributed by atoms with Crippen molar-refractivity contribution in [2.24, 2.45) is 0 Å². The van der Waals surface area contributed by atoms with Crippen molar-refractivity contribution in [2.75, 3.05) is 0 Å². The van der Waals surface area contributed by atoms with Crippen molar-refractivity contribution in [2.45, 2.75) is 13.1 Å². The average Bonchev–Trinajstić information content (AvgIpc) is 2.26. The minimum absolute atomic E-state index is 0.250. The van der Waals surface area contributed by atoms with Gasteiger partial charge in [-0.2, -0.15) is 13.2 Å². The molecule has 22 heavy (non-hydrogen) atoms. The molecular formula is C9H11F3O10. The van der Waals surface area contributed by atoms with E-state index < -0.39 is 30.1 Å². The van der Waals surface area contributed by atoms with E-state index >= 15 is 0 Å². The summed E-state index contributed by atoms with van der Waals surface area (Å²) in [6.07, 6.45) is -3.97. The molecule has 0 amide bonds. The summed E-state index contributed by atoms with van der Waals surface area (Å²) in [7, 11) is 0. The maximum Gasteiger partial charge on any atom is 0.490 e. The molecule has 0 fully saturated rings. The normalized spacial score (nSPS) is 8.73. The number of carboxylic acid groups (broad SMARTS) is 5. The highest BCUT2D eigenvalue weighted by molar-refractivity contribution is 5.89. The van der Waals surface area contributed by atoms with Gasteiger partial charge in [0, 0.05) is 19.1 Å². The lowest BCUT2D eigenvalue weighted by Crippen LogP contribution is -2.21. The zero-order valence-corrected chi connectivity index (χ0v) is 10.6. The molecule has 0 saturated heterocycles. The van der Waals surface area contributed by atoms with Gasteiger partial charge < -0.3 is 25.5 Å². The molecule has 0 heterocycles. The van der Waals surface area contributed by atoms with Crippen LogP contribution in [0.3, 0.4) is 0 Å². The molecule has 128 valence electrons. The Hall–Kier alpha value is -3.12. The molecule has 0 saturated carbocycles. The molecular weight excluding hydrogens is 325 g/mol. The van der Waals surface area contributed by atoms with E-state index in [1.165, 1.54) is 0 Å². The van der Waals surface area contributed by atoms with Crippen LogP contribution < -0.4 is 0 Å². The SMILES string of the molecule is CC(=O)O.O=C(O)C(F)(F)F.O=C(O)C=CC(=O)O.O=CO. The van der Waals surface area contributed by atoms with Crippen molar-refractivity contribution in [3.8, 4) is 0 Å². The summed E-state index contributed by atoms with van der Waals surface area (Å²) >= 11 is 0. The standard InChI is InChI=1S/C4H4O4.C2HF3O2.C2H4O2.CH2O2/c5-3(6)1-2-4(7)8;3-2(4,5)1(6)7;1-2(3)4;2-1-3/h1-2H,(H,5,6)(H,7,8);(H,6,7);1H3,(H,3,4);1H,(H,2,3). The molecule has 13 heteroatoms. The Kier molecular flexibility index (Phi) is 19.7. The molecule has 0 spiro atoms. The van der Waals surface area contributed by atoms with E-state index in [2.05, 4.69) is 0 Å². The Balaban J connectivity index is -0.000000105. The molecule has 0 unspecified atom stereocenters. The summed E-state index contributed by atoms with van der Waals surface area (Å²) in [6, 6.07) is 0. The number of carboxylic acids is 4. The zero-order valence-electron chi connectivity index (χ0n) is 10.6. The monoisotopic (exact) mass is 336 g/mol. The van der Waals surface area contributed by atoms with Crippen molar-refractivity contribution in [3.05, 3.63) is 12.2 Å². The Morgan fingerprint density at radius 3 is 1.05 bits per heavy atom. The minimum atomic E-state index is -5.08. The van der Waals surface area contributed by atoms with E-state index in [4.69, 9.17) is 39.9 Å². The molecule has 10 nitrogen and oxygen atoms in total. The van der Waals surface area contributed by atoms with Crippen LogP contribution in [0.15, 0.2) is 12.2 Å². The average molecular weight is 336 g/mol. The van der Waals surface area contributed by atoms with Gasteiger partial charge in [0.05, 0.1) is 0 Å². The number of hydrogen-bond donors (Lipinski definition) is 5. The third-order valence-corrected chi connectivity index (χ3v) is 0.611. The van der Waals surface area contributed by atoms with Crippen LogP contribution in [0, 0.1) is 0 Å². The van der Waals surface area contributed by atoms with Gasteiger partial charge in [-0.1, -0.05) is 0 Å². The predicted octanol–water partition coefficient (Wildman–Crippen LogP) is 0.137. The lowest BCUT2D eigenvalue weighted by molar-refractivity contribution is -0.192. The lowest BCUT2D eigenvalue weighted by Gasteiger charge is -1.93. The van der Waals surface area contributed by atoms with Gasteiger partial charge in [0.1, 0.15) is 0 Å². The van der Waals surface area contributed by atoms with Crippen molar-refractivity contribution >= 4 is 30.3 Å². The fourth-order valence-corrected chi connectivity index (χ4v) is 0.143. The van der Waals surface area contributed by atoms with Crippen LogP contribution in [-0.4, -0.2) is 62.1 Å².